The van der Waals surface area contributed by atoms with Crippen LogP contribution in [-0.2, 0) is 14.3 Å². The molecule has 0 aliphatic carbocycles. The topological polar surface area (TPSA) is 46.6 Å². The third-order valence-corrected chi connectivity index (χ3v) is 4.85. The van der Waals surface area contributed by atoms with E-state index < -0.39 is 5.97 Å². The molecule has 0 N–H and O–H groups in total. The SMILES string of the molecule is COC(=O)C1=C(C)N(c2ccccc2Cl)C(=O)/C1=C\c1cccs1. The third kappa shape index (κ3) is 2.77. The molecule has 4 nitrogen and oxygen atoms in total. The lowest BCUT2D eigenvalue weighted by Crippen LogP contribution is -2.24. The number of carbonyl (C=O) groups is 2. The number of esters is 1. The van der Waals surface area contributed by atoms with Crippen molar-refractivity contribution in [2.24, 2.45) is 0 Å². The van der Waals surface area contributed by atoms with E-state index in [2.05, 4.69) is 0 Å². The first kappa shape index (κ1) is 16.5. The molecule has 24 heavy (non-hydrogen) atoms. The van der Waals surface area contributed by atoms with Gasteiger partial charge in [-0.15, -0.1) is 11.3 Å². The quantitative estimate of drug-likeness (QED) is 0.607. The first-order chi connectivity index (χ1) is 11.5. The van der Waals surface area contributed by atoms with E-state index in [1.54, 1.807) is 37.3 Å². The Hall–Kier alpha value is -2.37. The molecule has 2 heterocycles. The van der Waals surface area contributed by atoms with Crippen LogP contribution in [0.2, 0.25) is 5.02 Å². The minimum atomic E-state index is -0.543. The number of methoxy groups -OCH3 is 1. The van der Waals surface area contributed by atoms with Gasteiger partial charge in [0.15, 0.2) is 0 Å². The van der Waals surface area contributed by atoms with Crippen LogP contribution in [0.5, 0.6) is 0 Å². The Morgan fingerprint density at radius 1 is 1.25 bits per heavy atom. The van der Waals surface area contributed by atoms with Crippen LogP contribution >= 0.6 is 22.9 Å². The molecule has 122 valence electrons. The van der Waals surface area contributed by atoms with Crippen molar-refractivity contribution in [2.45, 2.75) is 6.92 Å². The number of halogens is 1. The minimum absolute atomic E-state index is 0.260. The molecule has 1 amide bonds. The smallest absolute Gasteiger partial charge is 0.340 e. The van der Waals surface area contributed by atoms with E-state index in [4.69, 9.17) is 16.3 Å². The predicted octanol–water partition coefficient (Wildman–Crippen LogP) is 4.28. The molecule has 2 aromatic rings. The average Bonchev–Trinajstić information content (AvgIpc) is 3.16. The fraction of sp³-hybridized carbons (Fsp3) is 0.111. The van der Waals surface area contributed by atoms with Crippen molar-refractivity contribution in [3.8, 4) is 0 Å². The van der Waals surface area contributed by atoms with Gasteiger partial charge in [-0.25, -0.2) is 4.79 Å². The molecule has 6 heteroatoms. The monoisotopic (exact) mass is 359 g/mol. The van der Waals surface area contributed by atoms with Crippen molar-refractivity contribution in [2.75, 3.05) is 12.0 Å². The van der Waals surface area contributed by atoms with Crippen LogP contribution in [0.15, 0.2) is 58.6 Å². The van der Waals surface area contributed by atoms with E-state index in [0.717, 1.165) is 4.88 Å². The normalized spacial score (nSPS) is 16.2. The molecule has 0 saturated heterocycles. The molecule has 0 unspecified atom stereocenters. The molecular weight excluding hydrogens is 346 g/mol. The molecule has 1 aliphatic heterocycles. The summed E-state index contributed by atoms with van der Waals surface area (Å²) in [5.74, 6) is -0.840. The van der Waals surface area contributed by atoms with E-state index in [-0.39, 0.29) is 11.5 Å². The zero-order chi connectivity index (χ0) is 17.3. The predicted molar refractivity (Wildman–Crippen MR) is 96.0 cm³/mol. The number of carbonyl (C=O) groups excluding carboxylic acids is 2. The molecule has 1 aromatic heterocycles. The van der Waals surface area contributed by atoms with Gasteiger partial charge < -0.3 is 4.74 Å². The second-order valence-electron chi connectivity index (χ2n) is 5.12. The van der Waals surface area contributed by atoms with Crippen molar-refractivity contribution < 1.29 is 14.3 Å². The van der Waals surface area contributed by atoms with Crippen molar-refractivity contribution in [1.82, 2.24) is 0 Å². The van der Waals surface area contributed by atoms with Crippen LogP contribution < -0.4 is 4.90 Å². The number of anilines is 1. The van der Waals surface area contributed by atoms with Gasteiger partial charge in [0.25, 0.3) is 5.91 Å². The van der Waals surface area contributed by atoms with Crippen molar-refractivity contribution in [3.63, 3.8) is 0 Å². The van der Waals surface area contributed by atoms with Gasteiger partial charge in [-0.05, 0) is 36.6 Å². The largest absolute Gasteiger partial charge is 0.465 e. The Bertz CT molecular complexity index is 868. The number of nitrogens with zero attached hydrogens (tertiary/aromatic N) is 1. The summed E-state index contributed by atoms with van der Waals surface area (Å²) in [7, 11) is 1.30. The van der Waals surface area contributed by atoms with Crippen LogP contribution in [0.25, 0.3) is 6.08 Å². The lowest BCUT2D eigenvalue weighted by molar-refractivity contribution is -0.136. The van der Waals surface area contributed by atoms with Gasteiger partial charge >= 0.3 is 5.97 Å². The van der Waals surface area contributed by atoms with E-state index >= 15 is 0 Å². The Labute approximate surface area is 148 Å². The second-order valence-corrected chi connectivity index (χ2v) is 6.50. The van der Waals surface area contributed by atoms with Gasteiger partial charge in [-0.1, -0.05) is 29.8 Å². The summed E-state index contributed by atoms with van der Waals surface area (Å²) in [6.07, 6.45) is 1.71. The summed E-state index contributed by atoms with van der Waals surface area (Å²) < 4.78 is 4.87. The maximum atomic E-state index is 13.0. The number of ether oxygens (including phenoxy) is 1. The molecule has 3 rings (SSSR count). The Morgan fingerprint density at radius 3 is 2.62 bits per heavy atom. The van der Waals surface area contributed by atoms with Crippen LogP contribution in [-0.4, -0.2) is 19.0 Å². The fourth-order valence-corrected chi connectivity index (χ4v) is 3.50. The van der Waals surface area contributed by atoms with Crippen LogP contribution in [0.1, 0.15) is 11.8 Å². The van der Waals surface area contributed by atoms with Crippen molar-refractivity contribution in [3.05, 3.63) is 68.5 Å². The zero-order valence-electron chi connectivity index (χ0n) is 13.1. The molecular formula is C18H14ClNO3S. The van der Waals surface area contributed by atoms with Crippen molar-refractivity contribution >= 4 is 46.6 Å². The Balaban J connectivity index is 2.17. The average molecular weight is 360 g/mol. The molecule has 0 radical (unpaired) electrons. The summed E-state index contributed by atoms with van der Waals surface area (Å²) >= 11 is 7.72. The van der Waals surface area contributed by atoms with Crippen LogP contribution in [0.4, 0.5) is 5.69 Å². The minimum Gasteiger partial charge on any atom is -0.465 e. The first-order valence-electron chi connectivity index (χ1n) is 7.18. The zero-order valence-corrected chi connectivity index (χ0v) is 14.6. The number of hydrogen-bond acceptors (Lipinski definition) is 4. The highest BCUT2D eigenvalue weighted by molar-refractivity contribution is 7.10. The lowest BCUT2D eigenvalue weighted by Gasteiger charge is -2.19. The van der Waals surface area contributed by atoms with Crippen molar-refractivity contribution in [1.29, 1.82) is 0 Å². The van der Waals surface area contributed by atoms with Gasteiger partial charge in [-0.2, -0.15) is 0 Å². The van der Waals surface area contributed by atoms with Gasteiger partial charge in [0, 0.05) is 10.6 Å². The fourth-order valence-electron chi connectivity index (χ4n) is 2.62. The number of rotatable bonds is 3. The second kappa shape index (κ2) is 6.63. The summed E-state index contributed by atoms with van der Waals surface area (Å²) in [5.41, 5.74) is 1.61. The van der Waals surface area contributed by atoms with Gasteiger partial charge in [-0.3, -0.25) is 9.69 Å². The lowest BCUT2D eigenvalue weighted by atomic mass is 10.1. The number of allylic oxidation sites excluding steroid dienone is 1. The molecule has 1 aliphatic rings. The number of benzene rings is 1. The molecule has 0 fully saturated rings. The van der Waals surface area contributed by atoms with Gasteiger partial charge in [0.2, 0.25) is 0 Å². The summed E-state index contributed by atoms with van der Waals surface area (Å²) in [6.45, 7) is 1.71. The van der Waals surface area contributed by atoms with E-state index in [1.165, 1.54) is 23.3 Å². The molecule has 0 atom stereocenters. The van der Waals surface area contributed by atoms with E-state index in [9.17, 15) is 9.59 Å². The summed E-state index contributed by atoms with van der Waals surface area (Å²) in [4.78, 5) is 27.6. The van der Waals surface area contributed by atoms with E-state index in [1.807, 2.05) is 17.5 Å². The maximum Gasteiger partial charge on any atom is 0.340 e. The summed E-state index contributed by atoms with van der Waals surface area (Å²) in [6, 6.07) is 10.8. The first-order valence-corrected chi connectivity index (χ1v) is 8.44. The molecule has 0 bridgehead atoms. The van der Waals surface area contributed by atoms with Crippen LogP contribution in [0, 0.1) is 0 Å². The molecule has 1 aromatic carbocycles. The third-order valence-electron chi connectivity index (χ3n) is 3.71. The highest BCUT2D eigenvalue weighted by Gasteiger charge is 2.38. The highest BCUT2D eigenvalue weighted by Crippen LogP contribution is 2.38. The molecule has 0 saturated carbocycles. The summed E-state index contributed by atoms with van der Waals surface area (Å²) in [5, 5.41) is 2.35. The van der Waals surface area contributed by atoms with Gasteiger partial charge in [0.05, 0.1) is 29.0 Å². The number of para-hydroxylation sites is 1. The number of thiophene rings is 1. The van der Waals surface area contributed by atoms with Gasteiger partial charge in [0.1, 0.15) is 0 Å². The number of hydrogen-bond donors (Lipinski definition) is 0. The highest BCUT2D eigenvalue weighted by atomic mass is 35.5. The Kier molecular flexibility index (Phi) is 4.55. The maximum absolute atomic E-state index is 13.0. The standard InChI is InChI=1S/C18H14ClNO3S/c1-11-16(18(22)23-2)13(10-12-6-5-9-24-12)17(21)20(11)15-8-4-3-7-14(15)19/h3-10H,1-2H3/b13-10-. The Morgan fingerprint density at radius 2 is 2.00 bits per heavy atom. The van der Waals surface area contributed by atoms with E-state index in [0.29, 0.717) is 22.0 Å². The number of amides is 1. The van der Waals surface area contributed by atoms with Crippen LogP contribution in [0.3, 0.4) is 0 Å². The molecule has 0 spiro atoms.